The summed E-state index contributed by atoms with van der Waals surface area (Å²) in [7, 11) is 0. The van der Waals surface area contributed by atoms with Crippen molar-refractivity contribution in [3.8, 4) is 17.6 Å². The van der Waals surface area contributed by atoms with Gasteiger partial charge in [-0.05, 0) is 57.0 Å². The van der Waals surface area contributed by atoms with E-state index in [0.717, 1.165) is 50.4 Å². The standard InChI is InChI=1S/C38H41ClN6O5/c1-3-49-36-21-33-29(20-34(36)44-37(46)5-4-12-45-13-17-48-18-14-45)38(30(22-40)25(2)42-33)43-28-7-9-35(31(39)19-28)50-24-26-6-8-32(41-23-26)27-10-15-47-16-11-27/h4-9,19-21,23,27H,3,10-18,24H2,1-2H3,(H,42,43)(H,44,46)/b5-4+. The lowest BCUT2D eigenvalue weighted by Crippen LogP contribution is -2.36. The lowest BCUT2D eigenvalue weighted by Gasteiger charge is -2.25. The van der Waals surface area contributed by atoms with Crippen LogP contribution in [-0.2, 0) is 20.9 Å². The maximum Gasteiger partial charge on any atom is 0.248 e. The Balaban J connectivity index is 1.19. The van der Waals surface area contributed by atoms with E-state index in [1.54, 1.807) is 31.2 Å². The fraction of sp³-hybridized carbons (Fsp3) is 0.368. The molecule has 0 spiro atoms. The first-order chi connectivity index (χ1) is 24.4. The van der Waals surface area contributed by atoms with E-state index in [4.69, 9.17) is 30.5 Å². The van der Waals surface area contributed by atoms with E-state index < -0.39 is 0 Å². The number of ether oxygens (including phenoxy) is 4. The number of aromatic nitrogens is 2. The van der Waals surface area contributed by atoms with Crippen LogP contribution in [0.5, 0.6) is 11.5 Å². The second-order valence-corrected chi connectivity index (χ2v) is 12.6. The van der Waals surface area contributed by atoms with Gasteiger partial charge in [-0.15, -0.1) is 0 Å². The normalized spacial score (nSPS) is 15.6. The average Bonchev–Trinajstić information content (AvgIpc) is 3.13. The minimum absolute atomic E-state index is 0.290. The zero-order chi connectivity index (χ0) is 34.9. The molecule has 0 unspecified atom stereocenters. The molecule has 260 valence electrons. The summed E-state index contributed by atoms with van der Waals surface area (Å²) >= 11 is 6.69. The molecule has 2 aliphatic heterocycles. The van der Waals surface area contributed by atoms with Crippen LogP contribution in [0.15, 0.2) is 60.8 Å². The summed E-state index contributed by atoms with van der Waals surface area (Å²) in [5, 5.41) is 17.5. The number of carbonyl (C=O) groups is 1. The Hall–Kier alpha value is -4.73. The second-order valence-electron chi connectivity index (χ2n) is 12.2. The van der Waals surface area contributed by atoms with E-state index in [1.807, 2.05) is 31.3 Å². The maximum absolute atomic E-state index is 13.0. The molecule has 4 heterocycles. The molecule has 6 rings (SSSR count). The molecule has 2 aliphatic rings. The maximum atomic E-state index is 13.0. The first kappa shape index (κ1) is 35.1. The number of benzene rings is 2. The minimum Gasteiger partial charge on any atom is -0.492 e. The number of rotatable bonds is 12. The van der Waals surface area contributed by atoms with E-state index in [0.29, 0.717) is 94.6 Å². The number of hydrogen-bond acceptors (Lipinski definition) is 10. The van der Waals surface area contributed by atoms with Gasteiger partial charge in [0.2, 0.25) is 5.91 Å². The smallest absolute Gasteiger partial charge is 0.248 e. The number of anilines is 3. The van der Waals surface area contributed by atoms with Crippen LogP contribution >= 0.6 is 11.6 Å². The third-order valence-corrected chi connectivity index (χ3v) is 9.05. The molecular weight excluding hydrogens is 656 g/mol. The van der Waals surface area contributed by atoms with E-state index >= 15 is 0 Å². The van der Waals surface area contributed by atoms with Gasteiger partial charge in [0.05, 0.1) is 53.0 Å². The molecule has 0 aliphatic carbocycles. The lowest BCUT2D eigenvalue weighted by atomic mass is 9.96. The SMILES string of the molecule is CCOc1cc2nc(C)c(C#N)c(Nc3ccc(OCc4ccc(C5CCOCC5)nc4)c(Cl)c3)c2cc1NC(=O)/C=C/CN1CCOCC1. The highest BCUT2D eigenvalue weighted by atomic mass is 35.5. The molecule has 0 bridgehead atoms. The zero-order valence-corrected chi connectivity index (χ0v) is 29.1. The van der Waals surface area contributed by atoms with Crippen LogP contribution in [0.1, 0.15) is 48.2 Å². The summed E-state index contributed by atoms with van der Waals surface area (Å²) in [5.41, 5.74) is 5.22. The molecule has 2 aromatic carbocycles. The molecule has 4 aromatic rings. The van der Waals surface area contributed by atoms with Gasteiger partial charge in [-0.2, -0.15) is 5.26 Å². The first-order valence-corrected chi connectivity index (χ1v) is 17.3. The summed E-state index contributed by atoms with van der Waals surface area (Å²) in [6, 6.07) is 15.3. The van der Waals surface area contributed by atoms with Crippen molar-refractivity contribution in [2.45, 2.75) is 39.2 Å². The molecule has 12 heteroatoms. The van der Waals surface area contributed by atoms with Gasteiger partial charge in [0.15, 0.2) is 0 Å². The van der Waals surface area contributed by atoms with Crippen LogP contribution in [-0.4, -0.2) is 73.4 Å². The number of aryl methyl sites for hydroxylation is 1. The van der Waals surface area contributed by atoms with Gasteiger partial charge in [0.1, 0.15) is 24.2 Å². The molecule has 11 nitrogen and oxygen atoms in total. The zero-order valence-electron chi connectivity index (χ0n) is 28.3. The summed E-state index contributed by atoms with van der Waals surface area (Å²) in [6.45, 7) is 9.63. The van der Waals surface area contributed by atoms with Gasteiger partial charge < -0.3 is 29.6 Å². The highest BCUT2D eigenvalue weighted by molar-refractivity contribution is 6.32. The van der Waals surface area contributed by atoms with Crippen molar-refractivity contribution >= 4 is 45.5 Å². The predicted octanol–water partition coefficient (Wildman–Crippen LogP) is 6.91. The number of halogens is 1. The minimum atomic E-state index is -0.290. The number of amides is 1. The van der Waals surface area contributed by atoms with Crippen molar-refractivity contribution in [2.75, 3.05) is 63.3 Å². The van der Waals surface area contributed by atoms with Crippen molar-refractivity contribution in [3.05, 3.63) is 88.4 Å². The molecule has 2 saturated heterocycles. The summed E-state index contributed by atoms with van der Waals surface area (Å²) < 4.78 is 22.8. The van der Waals surface area contributed by atoms with Crippen molar-refractivity contribution in [3.63, 3.8) is 0 Å². The van der Waals surface area contributed by atoms with E-state index in [1.165, 1.54) is 6.08 Å². The van der Waals surface area contributed by atoms with Crippen LogP contribution in [0.25, 0.3) is 10.9 Å². The van der Waals surface area contributed by atoms with E-state index in [9.17, 15) is 10.1 Å². The predicted molar refractivity (Wildman–Crippen MR) is 193 cm³/mol. The molecule has 0 radical (unpaired) electrons. The number of carbonyl (C=O) groups excluding carboxylic acids is 1. The molecule has 50 heavy (non-hydrogen) atoms. The molecule has 2 aromatic heterocycles. The summed E-state index contributed by atoms with van der Waals surface area (Å²) in [5.74, 6) is 1.15. The third kappa shape index (κ3) is 8.70. The molecule has 0 atom stereocenters. The molecule has 2 N–H and O–H groups in total. The Labute approximate surface area is 297 Å². The Bertz CT molecular complexity index is 1880. The Kier molecular flexibility index (Phi) is 11.8. The molecule has 0 saturated carbocycles. The average molecular weight is 697 g/mol. The largest absolute Gasteiger partial charge is 0.492 e. The second kappa shape index (κ2) is 16.8. The summed E-state index contributed by atoms with van der Waals surface area (Å²) in [4.78, 5) is 24.6. The van der Waals surface area contributed by atoms with Gasteiger partial charge in [-0.1, -0.05) is 23.7 Å². The quantitative estimate of drug-likeness (QED) is 0.151. The Morgan fingerprint density at radius 1 is 1.08 bits per heavy atom. The molecule has 1 amide bonds. The van der Waals surface area contributed by atoms with Crippen molar-refractivity contribution in [1.29, 1.82) is 5.26 Å². The van der Waals surface area contributed by atoms with Crippen LogP contribution in [0, 0.1) is 18.3 Å². The van der Waals surface area contributed by atoms with Crippen LogP contribution in [0.4, 0.5) is 17.1 Å². The highest BCUT2D eigenvalue weighted by Gasteiger charge is 2.19. The van der Waals surface area contributed by atoms with E-state index in [2.05, 4.69) is 37.6 Å². The van der Waals surface area contributed by atoms with Crippen molar-refractivity contribution in [1.82, 2.24) is 14.9 Å². The topological polar surface area (TPSA) is 131 Å². The number of nitrogens with zero attached hydrogens (tertiary/aromatic N) is 4. The van der Waals surface area contributed by atoms with Crippen LogP contribution < -0.4 is 20.1 Å². The fourth-order valence-electron chi connectivity index (χ4n) is 6.08. The molecular formula is C38H41ClN6O5. The lowest BCUT2D eigenvalue weighted by molar-refractivity contribution is -0.111. The summed E-state index contributed by atoms with van der Waals surface area (Å²) in [6.07, 6.45) is 7.19. The van der Waals surface area contributed by atoms with Crippen LogP contribution in [0.3, 0.4) is 0 Å². The van der Waals surface area contributed by atoms with Gasteiger partial charge in [0, 0.05) is 79.4 Å². The molecule has 2 fully saturated rings. The van der Waals surface area contributed by atoms with E-state index in [-0.39, 0.29) is 5.91 Å². The van der Waals surface area contributed by atoms with Gasteiger partial charge in [0.25, 0.3) is 0 Å². The number of nitrogens with one attached hydrogen (secondary N) is 2. The van der Waals surface area contributed by atoms with Crippen molar-refractivity contribution in [2.24, 2.45) is 0 Å². The van der Waals surface area contributed by atoms with Crippen LogP contribution in [0.2, 0.25) is 5.02 Å². The Morgan fingerprint density at radius 2 is 1.88 bits per heavy atom. The monoisotopic (exact) mass is 696 g/mol. The van der Waals surface area contributed by atoms with Gasteiger partial charge >= 0.3 is 0 Å². The number of hydrogen-bond donors (Lipinski definition) is 2. The highest BCUT2D eigenvalue weighted by Crippen LogP contribution is 2.38. The Morgan fingerprint density at radius 3 is 2.60 bits per heavy atom. The number of fused-ring (bicyclic) bond motifs is 1. The number of pyridine rings is 2. The first-order valence-electron chi connectivity index (χ1n) is 16.9. The third-order valence-electron chi connectivity index (χ3n) is 8.76. The van der Waals surface area contributed by atoms with Crippen molar-refractivity contribution < 1.29 is 23.7 Å². The fourth-order valence-corrected chi connectivity index (χ4v) is 6.31. The number of morpholine rings is 1. The number of nitriles is 1. The van der Waals surface area contributed by atoms with Gasteiger partial charge in [-0.3, -0.25) is 19.7 Å². The van der Waals surface area contributed by atoms with Gasteiger partial charge in [-0.25, -0.2) is 0 Å².